The number of H-pyrrole nitrogens is 1. The molecule has 1 aliphatic heterocycles. The Morgan fingerprint density at radius 2 is 1.59 bits per heavy atom. The molecule has 10 heteroatoms. The van der Waals surface area contributed by atoms with Crippen molar-refractivity contribution in [1.82, 2.24) is 14.2 Å². The first-order chi connectivity index (χ1) is 15.0. The molecular formula is C22H22F3N3O3S. The first-order valence-corrected chi connectivity index (χ1v) is 11.5. The van der Waals surface area contributed by atoms with Crippen molar-refractivity contribution in [1.29, 1.82) is 0 Å². The number of hydrogen-bond acceptors (Lipinski definition) is 3. The lowest BCUT2D eigenvalue weighted by molar-refractivity contribution is -0.137. The summed E-state index contributed by atoms with van der Waals surface area (Å²) in [5, 5.41) is 0.961. The summed E-state index contributed by atoms with van der Waals surface area (Å²) >= 11 is 0. The van der Waals surface area contributed by atoms with Gasteiger partial charge in [-0.15, -0.1) is 0 Å². The van der Waals surface area contributed by atoms with Gasteiger partial charge in [0.25, 0.3) is 5.91 Å². The maximum Gasteiger partial charge on any atom is 0.416 e. The Labute approximate surface area is 183 Å². The molecule has 3 aromatic rings. The predicted octanol–water partition coefficient (Wildman–Crippen LogP) is 3.95. The quantitative estimate of drug-likeness (QED) is 0.637. The number of carbonyl (C=O) groups is 1. The van der Waals surface area contributed by atoms with Crippen molar-refractivity contribution in [3.63, 3.8) is 0 Å². The lowest BCUT2D eigenvalue weighted by Crippen LogP contribution is -2.50. The van der Waals surface area contributed by atoms with Crippen LogP contribution in [0.5, 0.6) is 0 Å². The molecule has 6 nitrogen and oxygen atoms in total. The van der Waals surface area contributed by atoms with Crippen LogP contribution in [0.4, 0.5) is 13.2 Å². The van der Waals surface area contributed by atoms with Crippen molar-refractivity contribution >= 4 is 26.8 Å². The molecule has 32 heavy (non-hydrogen) atoms. The highest BCUT2D eigenvalue weighted by Crippen LogP contribution is 2.30. The molecule has 1 aliphatic rings. The number of alkyl halides is 3. The van der Waals surface area contributed by atoms with E-state index in [2.05, 4.69) is 4.98 Å². The molecular weight excluding hydrogens is 443 g/mol. The highest BCUT2D eigenvalue weighted by molar-refractivity contribution is 7.89. The molecule has 0 aliphatic carbocycles. The SMILES string of the molecule is Cc1cc(C)c2cc(C(=O)N3CCN(S(=O)(=O)c4ccc(C(F)(F)F)cc4)CC3)[nH]c2c1. The molecule has 1 aromatic heterocycles. The Hall–Kier alpha value is -2.85. The third kappa shape index (κ3) is 4.12. The first kappa shape index (κ1) is 22.3. The lowest BCUT2D eigenvalue weighted by atomic mass is 10.1. The molecule has 1 fully saturated rings. The topological polar surface area (TPSA) is 73.5 Å². The number of carbonyl (C=O) groups excluding carboxylic acids is 1. The number of benzene rings is 2. The largest absolute Gasteiger partial charge is 0.416 e. The Morgan fingerprint density at radius 1 is 0.969 bits per heavy atom. The van der Waals surface area contributed by atoms with Gasteiger partial charge in [0.15, 0.2) is 0 Å². The zero-order valence-electron chi connectivity index (χ0n) is 17.5. The minimum atomic E-state index is -4.53. The van der Waals surface area contributed by atoms with Crippen molar-refractivity contribution in [3.8, 4) is 0 Å². The third-order valence-corrected chi connectivity index (χ3v) is 7.58. The molecule has 1 N–H and O–H groups in total. The summed E-state index contributed by atoms with van der Waals surface area (Å²) in [7, 11) is -3.95. The molecule has 0 atom stereocenters. The van der Waals surface area contributed by atoms with E-state index in [0.717, 1.165) is 46.3 Å². The van der Waals surface area contributed by atoms with E-state index in [1.54, 1.807) is 11.0 Å². The fourth-order valence-electron chi connectivity index (χ4n) is 3.98. The standard InChI is InChI=1S/C22H22F3N3O3S/c1-14-11-15(2)18-13-20(26-19(18)12-14)21(29)27-7-9-28(10-8-27)32(30,31)17-5-3-16(4-6-17)22(23,24)25/h3-6,11-13,26H,7-10H2,1-2H3. The summed E-state index contributed by atoms with van der Waals surface area (Å²) in [6.45, 7) is 4.45. The maximum atomic E-state index is 12.9. The summed E-state index contributed by atoms with van der Waals surface area (Å²) < 4.78 is 65.0. The van der Waals surface area contributed by atoms with Gasteiger partial charge >= 0.3 is 6.18 Å². The van der Waals surface area contributed by atoms with Gasteiger partial charge in [0.05, 0.1) is 10.5 Å². The van der Waals surface area contributed by atoms with Crippen LogP contribution in [0.1, 0.15) is 27.2 Å². The number of aryl methyl sites for hydroxylation is 2. The number of amides is 1. The van der Waals surface area contributed by atoms with Crippen LogP contribution in [0.2, 0.25) is 0 Å². The van der Waals surface area contributed by atoms with E-state index in [1.807, 2.05) is 26.0 Å². The van der Waals surface area contributed by atoms with E-state index in [4.69, 9.17) is 0 Å². The van der Waals surface area contributed by atoms with Crippen LogP contribution in [-0.2, 0) is 16.2 Å². The van der Waals surface area contributed by atoms with Crippen LogP contribution >= 0.6 is 0 Å². The summed E-state index contributed by atoms with van der Waals surface area (Å²) in [5.41, 5.74) is 2.54. The van der Waals surface area contributed by atoms with Gasteiger partial charge in [-0.1, -0.05) is 6.07 Å². The molecule has 0 unspecified atom stereocenters. The number of piperazine rings is 1. The minimum absolute atomic E-state index is 0.0630. The number of fused-ring (bicyclic) bond motifs is 1. The number of hydrogen-bond donors (Lipinski definition) is 1. The molecule has 2 aromatic carbocycles. The summed E-state index contributed by atoms with van der Waals surface area (Å²) in [4.78, 5) is 17.5. The van der Waals surface area contributed by atoms with Gasteiger partial charge in [-0.3, -0.25) is 4.79 Å². The minimum Gasteiger partial charge on any atom is -0.351 e. The van der Waals surface area contributed by atoms with Crippen molar-refractivity contribution in [2.24, 2.45) is 0 Å². The van der Waals surface area contributed by atoms with Gasteiger partial charge in [-0.2, -0.15) is 17.5 Å². The van der Waals surface area contributed by atoms with E-state index in [1.165, 1.54) is 4.31 Å². The molecule has 0 saturated carbocycles. The molecule has 0 spiro atoms. The predicted molar refractivity (Wildman–Crippen MR) is 114 cm³/mol. The first-order valence-electron chi connectivity index (χ1n) is 10.0. The molecule has 4 rings (SSSR count). The van der Waals surface area contributed by atoms with Gasteiger partial charge in [-0.25, -0.2) is 8.42 Å². The Balaban J connectivity index is 1.46. The van der Waals surface area contributed by atoms with Crippen LogP contribution < -0.4 is 0 Å². The van der Waals surface area contributed by atoms with Crippen LogP contribution in [0.3, 0.4) is 0 Å². The van der Waals surface area contributed by atoms with Gasteiger partial charge in [0.1, 0.15) is 5.69 Å². The summed E-state index contributed by atoms with van der Waals surface area (Å²) in [6.07, 6.45) is -4.53. The van der Waals surface area contributed by atoms with E-state index in [-0.39, 0.29) is 37.0 Å². The molecule has 0 radical (unpaired) electrons. The third-order valence-electron chi connectivity index (χ3n) is 5.66. The van der Waals surface area contributed by atoms with Crippen molar-refractivity contribution in [2.45, 2.75) is 24.9 Å². The second-order valence-electron chi connectivity index (χ2n) is 7.94. The Bertz CT molecular complexity index is 1270. The summed E-state index contributed by atoms with van der Waals surface area (Å²) in [6, 6.07) is 9.24. The Morgan fingerprint density at radius 3 is 2.19 bits per heavy atom. The molecule has 1 amide bonds. The van der Waals surface area contributed by atoms with Crippen LogP contribution in [-0.4, -0.2) is 54.7 Å². The molecule has 1 saturated heterocycles. The average Bonchev–Trinajstić information content (AvgIpc) is 3.17. The number of rotatable bonds is 3. The number of aromatic amines is 1. The zero-order valence-corrected chi connectivity index (χ0v) is 18.3. The molecule has 0 bridgehead atoms. The maximum absolute atomic E-state index is 12.9. The van der Waals surface area contributed by atoms with E-state index < -0.39 is 21.8 Å². The van der Waals surface area contributed by atoms with E-state index in [9.17, 15) is 26.4 Å². The average molecular weight is 465 g/mol. The van der Waals surface area contributed by atoms with E-state index in [0.29, 0.717) is 5.69 Å². The molecule has 170 valence electrons. The number of halogens is 3. The van der Waals surface area contributed by atoms with Gasteiger partial charge in [-0.05, 0) is 61.4 Å². The van der Waals surface area contributed by atoms with Gasteiger partial charge in [0.2, 0.25) is 10.0 Å². The van der Waals surface area contributed by atoms with Crippen LogP contribution in [0, 0.1) is 13.8 Å². The number of aromatic nitrogens is 1. The number of nitrogens with one attached hydrogen (secondary N) is 1. The number of nitrogens with zero attached hydrogens (tertiary/aromatic N) is 2. The smallest absolute Gasteiger partial charge is 0.351 e. The van der Waals surface area contributed by atoms with Crippen molar-refractivity contribution in [3.05, 3.63) is 64.8 Å². The fourth-order valence-corrected chi connectivity index (χ4v) is 5.40. The monoisotopic (exact) mass is 465 g/mol. The number of sulfonamides is 1. The van der Waals surface area contributed by atoms with Crippen LogP contribution in [0.15, 0.2) is 47.4 Å². The van der Waals surface area contributed by atoms with Gasteiger partial charge < -0.3 is 9.88 Å². The second kappa shape index (κ2) is 7.93. The zero-order chi connectivity index (χ0) is 23.3. The molecule has 2 heterocycles. The summed E-state index contributed by atoms with van der Waals surface area (Å²) in [5.74, 6) is -0.218. The van der Waals surface area contributed by atoms with Crippen molar-refractivity contribution < 1.29 is 26.4 Å². The normalized spacial score (nSPS) is 16.0. The second-order valence-corrected chi connectivity index (χ2v) is 9.88. The van der Waals surface area contributed by atoms with E-state index >= 15 is 0 Å². The Kier molecular flexibility index (Phi) is 5.54. The lowest BCUT2D eigenvalue weighted by Gasteiger charge is -2.33. The highest BCUT2D eigenvalue weighted by atomic mass is 32.2. The van der Waals surface area contributed by atoms with Crippen molar-refractivity contribution in [2.75, 3.05) is 26.2 Å². The fraction of sp³-hybridized carbons (Fsp3) is 0.318. The van der Waals surface area contributed by atoms with Gasteiger partial charge in [0, 0.05) is 37.1 Å². The highest BCUT2D eigenvalue weighted by Gasteiger charge is 2.33. The van der Waals surface area contributed by atoms with Crippen LogP contribution in [0.25, 0.3) is 10.9 Å².